The summed E-state index contributed by atoms with van der Waals surface area (Å²) >= 11 is 0. The summed E-state index contributed by atoms with van der Waals surface area (Å²) in [5, 5.41) is 2.89. The Hall–Kier alpha value is -4.44. The molecule has 63 heavy (non-hydrogen) atoms. The lowest BCUT2D eigenvalue weighted by atomic mass is 9.34. The summed E-state index contributed by atoms with van der Waals surface area (Å²) in [6.07, 6.45) is 17.0. The van der Waals surface area contributed by atoms with Crippen molar-refractivity contribution < 1.29 is 9.47 Å². The van der Waals surface area contributed by atoms with Crippen LogP contribution < -0.4 is 25.9 Å². The molecule has 5 unspecified atom stereocenters. The number of nitrogens with zero attached hydrogens (tertiary/aromatic N) is 1. The lowest BCUT2D eigenvalue weighted by Gasteiger charge is -2.57. The second kappa shape index (κ2) is 11.7. The standard InChI is InChI=1S/C59H62BNO2/c1-55(2,3)37-13-15-48-46(22-37)60-47-23-38(56(4,5)6)14-16-49(47)63-51-25-41(24-50(62-48)52(51)60)61-53-42(9-7-11-44(53)57-26-33-17-34(27-57)19-35(18-33)28-57)43-10-8-12-45(54(43)61)58-29-36-20-39-21-40(31-58)59(39,30-36)32-58/h7-16,22-25,33-36,39-40H,17-21,26-32H2,1-6H3. The van der Waals surface area contributed by atoms with Gasteiger partial charge in [-0.15, -0.1) is 0 Å². The molecule has 10 aliphatic rings. The van der Waals surface area contributed by atoms with Crippen LogP contribution in [0.2, 0.25) is 0 Å². The van der Waals surface area contributed by atoms with Crippen molar-refractivity contribution in [3.8, 4) is 28.7 Å². The van der Waals surface area contributed by atoms with Crippen LogP contribution in [0.5, 0.6) is 23.0 Å². The lowest BCUT2D eigenvalue weighted by molar-refractivity contribution is -0.00460. The van der Waals surface area contributed by atoms with Crippen LogP contribution in [0.1, 0.15) is 141 Å². The Morgan fingerprint density at radius 1 is 0.524 bits per heavy atom. The molecule has 0 N–H and O–H groups in total. The van der Waals surface area contributed by atoms with E-state index in [1.807, 2.05) is 0 Å². The third kappa shape index (κ3) is 4.74. The van der Waals surface area contributed by atoms with Gasteiger partial charge < -0.3 is 14.0 Å². The summed E-state index contributed by atoms with van der Waals surface area (Å²) in [6, 6.07) is 33.9. The smallest absolute Gasteiger partial charge is 0.260 e. The van der Waals surface area contributed by atoms with Crippen LogP contribution in [0.25, 0.3) is 27.5 Å². The van der Waals surface area contributed by atoms with E-state index in [-0.39, 0.29) is 28.4 Å². The lowest BCUT2D eigenvalue weighted by Crippen LogP contribution is -2.57. The average Bonchev–Trinajstić information content (AvgIpc) is 3.75. The van der Waals surface area contributed by atoms with Crippen LogP contribution in [-0.2, 0) is 21.7 Å². The SMILES string of the molecule is CC(C)(C)c1ccc2c(c1)B1c3cc(C(C)(C)C)ccc3Oc3cc(-n4c5c(C67CC8CC(CC(C8)C6)C7)cccc5c5cccc(C67CC8CC9CC(C6)C9(C8)C7)c54)cc(c31)O2. The Bertz CT molecular complexity index is 2900. The molecule has 6 aromatic rings. The fourth-order valence-electron chi connectivity index (χ4n) is 17.9. The van der Waals surface area contributed by atoms with Gasteiger partial charge in [-0.05, 0) is 185 Å². The zero-order valence-electron chi connectivity index (χ0n) is 38.4. The highest BCUT2D eigenvalue weighted by Gasteiger charge is 2.71. The van der Waals surface area contributed by atoms with E-state index in [1.165, 1.54) is 132 Å². The van der Waals surface area contributed by atoms with E-state index in [9.17, 15) is 0 Å². The van der Waals surface area contributed by atoms with Gasteiger partial charge in [-0.1, -0.05) is 102 Å². The Balaban J connectivity index is 1.01. The molecule has 5 aromatic carbocycles. The molecular weight excluding hydrogens is 765 g/mol. The second-order valence-corrected chi connectivity index (χ2v) is 25.5. The quantitative estimate of drug-likeness (QED) is 0.166. The third-order valence-corrected chi connectivity index (χ3v) is 19.9. The minimum Gasteiger partial charge on any atom is -0.458 e. The van der Waals surface area contributed by atoms with Crippen LogP contribution in [0.4, 0.5) is 0 Å². The topological polar surface area (TPSA) is 23.4 Å². The van der Waals surface area contributed by atoms with E-state index in [0.29, 0.717) is 5.41 Å². The first kappa shape index (κ1) is 36.9. The van der Waals surface area contributed by atoms with Gasteiger partial charge in [-0.3, -0.25) is 0 Å². The van der Waals surface area contributed by atoms with Gasteiger partial charge in [0.1, 0.15) is 23.0 Å². The van der Waals surface area contributed by atoms with Crippen molar-refractivity contribution >= 4 is 44.9 Å². The summed E-state index contributed by atoms with van der Waals surface area (Å²) in [6.45, 7) is 14.0. The van der Waals surface area contributed by atoms with Gasteiger partial charge in [0.25, 0.3) is 6.71 Å². The number of benzene rings is 5. The van der Waals surface area contributed by atoms with Crippen molar-refractivity contribution in [1.29, 1.82) is 0 Å². The summed E-state index contributed by atoms with van der Waals surface area (Å²) in [5.74, 6) is 9.25. The van der Waals surface area contributed by atoms with Crippen LogP contribution >= 0.6 is 0 Å². The molecule has 8 aliphatic carbocycles. The van der Waals surface area contributed by atoms with Gasteiger partial charge in [-0.25, -0.2) is 0 Å². The molecule has 0 amide bonds. The molecule has 318 valence electrons. The first-order chi connectivity index (χ1) is 30.3. The zero-order chi connectivity index (χ0) is 42.2. The number of hydrogen-bond acceptors (Lipinski definition) is 2. The predicted octanol–water partition coefficient (Wildman–Crippen LogP) is 13.0. The monoisotopic (exact) mass is 827 g/mol. The molecule has 3 nitrogen and oxygen atoms in total. The molecule has 0 saturated heterocycles. The van der Waals surface area contributed by atoms with E-state index in [4.69, 9.17) is 9.47 Å². The van der Waals surface area contributed by atoms with Crippen molar-refractivity contribution in [2.75, 3.05) is 0 Å². The van der Waals surface area contributed by atoms with Crippen molar-refractivity contribution in [2.24, 2.45) is 40.9 Å². The van der Waals surface area contributed by atoms with E-state index >= 15 is 0 Å². The predicted molar refractivity (Wildman–Crippen MR) is 258 cm³/mol. The van der Waals surface area contributed by atoms with E-state index in [1.54, 1.807) is 11.1 Å². The summed E-state index contributed by atoms with van der Waals surface area (Å²) < 4.78 is 17.3. The number of ether oxygens (including phenoxy) is 2. The van der Waals surface area contributed by atoms with Crippen LogP contribution in [0, 0.1) is 40.9 Å². The molecule has 3 heterocycles. The number of rotatable bonds is 3. The largest absolute Gasteiger partial charge is 0.458 e. The maximum Gasteiger partial charge on any atom is 0.260 e. The minimum absolute atomic E-state index is 0.0165. The Morgan fingerprint density at radius 3 is 1.62 bits per heavy atom. The van der Waals surface area contributed by atoms with Gasteiger partial charge in [0.15, 0.2) is 0 Å². The van der Waals surface area contributed by atoms with Gasteiger partial charge in [0.05, 0.1) is 16.7 Å². The number of aromatic nitrogens is 1. The minimum atomic E-state index is 0.0165. The third-order valence-electron chi connectivity index (χ3n) is 19.9. The van der Waals surface area contributed by atoms with Gasteiger partial charge in [0.2, 0.25) is 0 Å². The fraction of sp³-hybridized carbons (Fsp3) is 0.492. The highest BCUT2D eigenvalue weighted by molar-refractivity contribution is 6.98. The van der Waals surface area contributed by atoms with Crippen LogP contribution in [-0.4, -0.2) is 11.3 Å². The maximum absolute atomic E-state index is 7.25. The molecule has 8 saturated carbocycles. The zero-order valence-corrected chi connectivity index (χ0v) is 38.4. The second-order valence-electron chi connectivity index (χ2n) is 25.5. The Morgan fingerprint density at radius 2 is 1.06 bits per heavy atom. The molecule has 5 atom stereocenters. The molecule has 8 fully saturated rings. The summed E-state index contributed by atoms with van der Waals surface area (Å²) in [7, 11) is 0. The molecule has 2 aliphatic heterocycles. The molecule has 4 heteroatoms. The number of fused-ring (bicyclic) bond motifs is 9. The highest BCUT2D eigenvalue weighted by Crippen LogP contribution is 2.79. The van der Waals surface area contributed by atoms with Gasteiger partial charge in [-0.2, -0.15) is 0 Å². The fourth-order valence-corrected chi connectivity index (χ4v) is 17.9. The van der Waals surface area contributed by atoms with Crippen molar-refractivity contribution in [3.63, 3.8) is 0 Å². The van der Waals surface area contributed by atoms with E-state index in [2.05, 4.69) is 131 Å². The first-order valence-corrected chi connectivity index (χ1v) is 25.2. The number of hydrogen-bond donors (Lipinski definition) is 0. The van der Waals surface area contributed by atoms with Gasteiger partial charge >= 0.3 is 0 Å². The molecule has 1 spiro atoms. The summed E-state index contributed by atoms with van der Waals surface area (Å²) in [5.41, 5.74) is 14.9. The first-order valence-electron chi connectivity index (χ1n) is 25.2. The van der Waals surface area contributed by atoms with Crippen LogP contribution in [0.15, 0.2) is 84.9 Å². The van der Waals surface area contributed by atoms with E-state index in [0.717, 1.165) is 58.5 Å². The number of para-hydroxylation sites is 2. The van der Waals surface area contributed by atoms with Crippen LogP contribution in [0.3, 0.4) is 0 Å². The van der Waals surface area contributed by atoms with Crippen molar-refractivity contribution in [2.45, 2.75) is 140 Å². The Labute approximate surface area is 374 Å². The molecular formula is C59H62BNO2. The molecule has 1 aromatic heterocycles. The molecule has 0 radical (unpaired) electrons. The highest BCUT2D eigenvalue weighted by atomic mass is 16.5. The van der Waals surface area contributed by atoms with Crippen molar-refractivity contribution in [3.05, 3.63) is 107 Å². The van der Waals surface area contributed by atoms with Crippen molar-refractivity contribution in [1.82, 2.24) is 4.57 Å². The average molecular weight is 828 g/mol. The van der Waals surface area contributed by atoms with Gasteiger partial charge in [0, 0.05) is 28.4 Å². The molecule has 16 rings (SSSR count). The maximum atomic E-state index is 7.25. The normalized spacial score (nSPS) is 33.5. The molecule has 7 bridgehead atoms. The summed E-state index contributed by atoms with van der Waals surface area (Å²) in [4.78, 5) is 0. The van der Waals surface area contributed by atoms with E-state index < -0.39 is 0 Å². The Kier molecular flexibility index (Phi) is 6.83.